The zero-order valence-electron chi connectivity index (χ0n) is 19.9. The van der Waals surface area contributed by atoms with E-state index in [1.54, 1.807) is 12.5 Å². The molecule has 0 saturated heterocycles. The van der Waals surface area contributed by atoms with E-state index in [4.69, 9.17) is 9.40 Å². The minimum absolute atomic E-state index is 0. The molecule has 0 unspecified atom stereocenters. The predicted molar refractivity (Wildman–Crippen MR) is 146 cm³/mol. The monoisotopic (exact) mass is 577 g/mol. The Morgan fingerprint density at radius 3 is 2.50 bits per heavy atom. The van der Waals surface area contributed by atoms with Crippen molar-refractivity contribution >= 4 is 43.8 Å². The van der Waals surface area contributed by atoms with Crippen molar-refractivity contribution in [2.75, 3.05) is 0 Å². The molecular weight excluding hydrogens is 559 g/mol. The summed E-state index contributed by atoms with van der Waals surface area (Å²) in [6, 6.07) is 36.4. The molecule has 8 aromatic rings. The molecule has 0 atom stereocenters. The molecule has 0 amide bonds. The molecule has 0 N–H and O–H groups in total. The van der Waals surface area contributed by atoms with Crippen LogP contribution in [0.1, 0.15) is 0 Å². The average Bonchev–Trinajstić information content (AvgIpc) is 3.66. The fraction of sp³-hybridized carbons (Fsp3) is 0. The maximum absolute atomic E-state index is 5.86. The molecule has 0 saturated carbocycles. The Balaban J connectivity index is 0.00000242. The number of benzene rings is 3. The largest absolute Gasteiger partial charge is 2.00 e. The maximum Gasteiger partial charge on any atom is 2.00 e. The summed E-state index contributed by atoms with van der Waals surface area (Å²) < 4.78 is 10.0. The first-order valence-corrected chi connectivity index (χ1v) is 12.1. The van der Waals surface area contributed by atoms with Gasteiger partial charge in [0.1, 0.15) is 5.65 Å². The Morgan fingerprint density at radius 1 is 0.763 bits per heavy atom. The van der Waals surface area contributed by atoms with Crippen molar-refractivity contribution in [3.05, 3.63) is 122 Å². The van der Waals surface area contributed by atoms with Crippen LogP contribution in [0.2, 0.25) is 0 Å². The van der Waals surface area contributed by atoms with Crippen molar-refractivity contribution < 1.29 is 23.9 Å². The molecule has 0 bridgehead atoms. The Kier molecular flexibility index (Phi) is 5.24. The van der Waals surface area contributed by atoms with Crippen LogP contribution in [0, 0.1) is 12.3 Å². The van der Waals surface area contributed by atoms with Crippen molar-refractivity contribution in [2.24, 2.45) is 0 Å². The van der Waals surface area contributed by atoms with E-state index >= 15 is 0 Å². The molecular formula is C32H18N4ORh. The molecule has 5 heterocycles. The normalized spacial score (nSPS) is 11.5. The number of hydrogen-bond donors (Lipinski definition) is 0. The van der Waals surface area contributed by atoms with Crippen molar-refractivity contribution in [3.8, 4) is 22.8 Å². The molecule has 8 rings (SSSR count). The molecule has 181 valence electrons. The van der Waals surface area contributed by atoms with Crippen LogP contribution in [-0.2, 0) is 19.5 Å². The van der Waals surface area contributed by atoms with Crippen LogP contribution >= 0.6 is 0 Å². The molecule has 5 nitrogen and oxygen atoms in total. The number of rotatable bonds is 3. The number of nitrogens with zero attached hydrogens (tertiary/aromatic N) is 4. The molecule has 1 radical (unpaired) electrons. The second-order valence-electron chi connectivity index (χ2n) is 9.01. The molecule has 0 spiro atoms. The van der Waals surface area contributed by atoms with E-state index in [-0.39, 0.29) is 19.5 Å². The van der Waals surface area contributed by atoms with Crippen molar-refractivity contribution in [2.45, 2.75) is 0 Å². The van der Waals surface area contributed by atoms with Crippen LogP contribution in [0.4, 0.5) is 0 Å². The molecule has 0 fully saturated rings. The Hall–Kier alpha value is -4.54. The summed E-state index contributed by atoms with van der Waals surface area (Å²) in [6.45, 7) is 0. The Labute approximate surface area is 230 Å². The minimum atomic E-state index is 0. The summed E-state index contributed by atoms with van der Waals surface area (Å²) >= 11 is 0. The van der Waals surface area contributed by atoms with Crippen LogP contribution in [0.15, 0.2) is 114 Å². The van der Waals surface area contributed by atoms with Gasteiger partial charge >= 0.3 is 19.5 Å². The van der Waals surface area contributed by atoms with Gasteiger partial charge in [0.15, 0.2) is 0 Å². The van der Waals surface area contributed by atoms with Crippen molar-refractivity contribution in [1.82, 2.24) is 19.1 Å². The van der Waals surface area contributed by atoms with Gasteiger partial charge in [-0.2, -0.15) is 0 Å². The van der Waals surface area contributed by atoms with Gasteiger partial charge in [-0.3, -0.25) is 9.97 Å². The summed E-state index contributed by atoms with van der Waals surface area (Å²) in [5.74, 6) is 0.816. The van der Waals surface area contributed by atoms with Gasteiger partial charge in [0.2, 0.25) is 0 Å². The molecule has 0 aliphatic carbocycles. The van der Waals surface area contributed by atoms with Crippen molar-refractivity contribution in [3.63, 3.8) is 0 Å². The smallest absolute Gasteiger partial charge is 0.518 e. The first-order chi connectivity index (χ1) is 18.3. The van der Waals surface area contributed by atoms with Crippen LogP contribution < -0.4 is 0 Å². The number of hydrogen-bond acceptors (Lipinski definition) is 3. The van der Waals surface area contributed by atoms with E-state index < -0.39 is 0 Å². The second-order valence-corrected chi connectivity index (χ2v) is 9.01. The number of aromatic nitrogens is 4. The summed E-state index contributed by atoms with van der Waals surface area (Å²) in [4.78, 5) is 9.69. The number of para-hydroxylation sites is 2. The third-order valence-electron chi connectivity index (χ3n) is 6.91. The SMILES string of the molecule is [Rh+2].[c-]1c(-n2c3ccccc3c3ccc(-n4[c-]cc5ccccc54)nc32)ccc2occ(-c3ccccn3)c12. The zero-order valence-corrected chi connectivity index (χ0v) is 21.6. The van der Waals surface area contributed by atoms with E-state index in [1.807, 2.05) is 53.1 Å². The summed E-state index contributed by atoms with van der Waals surface area (Å²) in [5, 5.41) is 4.25. The van der Waals surface area contributed by atoms with Crippen LogP contribution in [-0.4, -0.2) is 19.1 Å². The van der Waals surface area contributed by atoms with E-state index in [0.717, 1.165) is 66.6 Å². The van der Waals surface area contributed by atoms with Crippen LogP contribution in [0.5, 0.6) is 0 Å². The van der Waals surface area contributed by atoms with Gasteiger partial charge in [-0.15, -0.1) is 35.7 Å². The van der Waals surface area contributed by atoms with Crippen LogP contribution in [0.25, 0.3) is 66.6 Å². The topological polar surface area (TPSA) is 48.8 Å². The minimum Gasteiger partial charge on any atom is -0.518 e. The van der Waals surface area contributed by atoms with Crippen molar-refractivity contribution in [1.29, 1.82) is 0 Å². The van der Waals surface area contributed by atoms with Crippen LogP contribution in [0.3, 0.4) is 0 Å². The summed E-state index contributed by atoms with van der Waals surface area (Å²) in [7, 11) is 0. The van der Waals surface area contributed by atoms with E-state index in [9.17, 15) is 0 Å². The first kappa shape index (κ1) is 22.6. The third kappa shape index (κ3) is 3.34. The Bertz CT molecular complexity index is 2100. The summed E-state index contributed by atoms with van der Waals surface area (Å²) in [6.07, 6.45) is 6.89. The maximum atomic E-state index is 5.86. The number of furan rings is 1. The Morgan fingerprint density at radius 2 is 1.61 bits per heavy atom. The van der Waals surface area contributed by atoms with Gasteiger partial charge in [-0.05, 0) is 29.4 Å². The second kappa shape index (κ2) is 8.79. The standard InChI is InChI=1S/C32H18N4O.Rh/c1-3-10-28-21(7-1)16-18-35(28)31-15-13-24-23-8-2-4-11-29(23)36(32(24)34-31)22-12-14-30-25(19-22)26(20-37-30)27-9-5-6-17-33-27;/h1-17,20H;/q-2;+2. The quantitative estimate of drug-likeness (QED) is 0.161. The zero-order chi connectivity index (χ0) is 24.3. The molecule has 6 heteroatoms. The predicted octanol–water partition coefficient (Wildman–Crippen LogP) is 7.53. The summed E-state index contributed by atoms with van der Waals surface area (Å²) in [5.41, 5.74) is 6.44. The molecule has 0 aliphatic heterocycles. The number of fused-ring (bicyclic) bond motifs is 5. The molecule has 0 aliphatic rings. The van der Waals surface area contributed by atoms with Gasteiger partial charge in [0.25, 0.3) is 0 Å². The molecule has 5 aromatic heterocycles. The van der Waals surface area contributed by atoms with Gasteiger partial charge in [0, 0.05) is 34.5 Å². The molecule has 3 aromatic carbocycles. The first-order valence-electron chi connectivity index (χ1n) is 12.1. The van der Waals surface area contributed by atoms with E-state index in [1.165, 1.54) is 0 Å². The third-order valence-corrected chi connectivity index (χ3v) is 6.91. The van der Waals surface area contributed by atoms with Gasteiger partial charge in [0.05, 0.1) is 11.3 Å². The average molecular weight is 577 g/mol. The van der Waals surface area contributed by atoms with E-state index in [2.05, 4.69) is 70.3 Å². The van der Waals surface area contributed by atoms with E-state index in [0.29, 0.717) is 0 Å². The number of pyridine rings is 2. The van der Waals surface area contributed by atoms with Gasteiger partial charge < -0.3 is 13.6 Å². The van der Waals surface area contributed by atoms with Gasteiger partial charge in [-0.25, -0.2) is 0 Å². The van der Waals surface area contributed by atoms with Gasteiger partial charge in [-0.1, -0.05) is 71.7 Å². The fourth-order valence-corrected chi connectivity index (χ4v) is 5.19. The molecule has 38 heavy (non-hydrogen) atoms. The fourth-order valence-electron chi connectivity index (χ4n) is 5.19.